The van der Waals surface area contributed by atoms with Crippen LogP contribution in [0.1, 0.15) is 25.7 Å². The first-order chi connectivity index (χ1) is 10.1. The fourth-order valence-corrected chi connectivity index (χ4v) is 2.76. The first kappa shape index (κ1) is 15.7. The minimum Gasteiger partial charge on any atom is -0.396 e. The lowest BCUT2D eigenvalue weighted by atomic mass is 10.1. The quantitative estimate of drug-likeness (QED) is 0.696. The molecule has 0 aromatic heterocycles. The highest BCUT2D eigenvalue weighted by atomic mass is 19.1. The fraction of sp³-hybridized carbons (Fsp3) is 0.533. The molecular weight excluding hydrogens is 273 g/mol. The molecule has 116 valence electrons. The third kappa shape index (κ3) is 4.41. The van der Waals surface area contributed by atoms with Gasteiger partial charge >= 0.3 is 0 Å². The molecule has 1 amide bonds. The summed E-state index contributed by atoms with van der Waals surface area (Å²) in [5.74, 6) is -0.617. The summed E-state index contributed by atoms with van der Waals surface area (Å²) in [7, 11) is 0. The van der Waals surface area contributed by atoms with E-state index in [9.17, 15) is 9.18 Å². The zero-order valence-electron chi connectivity index (χ0n) is 12.0. The highest BCUT2D eigenvalue weighted by Crippen LogP contribution is 2.21. The smallest absolute Gasteiger partial charge is 0.238 e. The molecule has 1 heterocycles. The lowest BCUT2D eigenvalue weighted by Crippen LogP contribution is -2.36. The molecule has 0 saturated carbocycles. The number of carbonyl (C=O) groups excluding carboxylic acids is 1. The van der Waals surface area contributed by atoms with Gasteiger partial charge in [-0.15, -0.1) is 0 Å². The van der Waals surface area contributed by atoms with Crippen LogP contribution >= 0.6 is 0 Å². The van der Waals surface area contributed by atoms with Gasteiger partial charge in [-0.25, -0.2) is 4.39 Å². The van der Waals surface area contributed by atoms with Crippen LogP contribution in [0.3, 0.4) is 0 Å². The molecule has 1 aromatic rings. The van der Waals surface area contributed by atoms with Crippen molar-refractivity contribution in [3.8, 4) is 0 Å². The molecule has 5 nitrogen and oxygen atoms in total. The zero-order valence-corrected chi connectivity index (χ0v) is 12.0. The van der Waals surface area contributed by atoms with Crippen molar-refractivity contribution < 1.29 is 14.3 Å². The van der Waals surface area contributed by atoms with Gasteiger partial charge in [0.05, 0.1) is 12.2 Å². The molecule has 6 heteroatoms. The number of nitrogens with two attached hydrogens (primary N) is 1. The lowest BCUT2D eigenvalue weighted by molar-refractivity contribution is -0.117. The van der Waals surface area contributed by atoms with Crippen molar-refractivity contribution in [2.45, 2.75) is 31.7 Å². The van der Waals surface area contributed by atoms with E-state index in [0.29, 0.717) is 18.3 Å². The second kappa shape index (κ2) is 7.38. The Morgan fingerprint density at radius 1 is 1.52 bits per heavy atom. The first-order valence-electron chi connectivity index (χ1n) is 7.30. The summed E-state index contributed by atoms with van der Waals surface area (Å²) in [6.07, 6.45) is 3.81. The minimum atomic E-state index is -0.489. The molecule has 4 N–H and O–H groups in total. The number of nitrogens with zero attached hydrogens (tertiary/aromatic N) is 1. The number of hydrogen-bond donors (Lipinski definition) is 3. The predicted molar refractivity (Wildman–Crippen MR) is 80.4 cm³/mol. The van der Waals surface area contributed by atoms with E-state index in [1.807, 2.05) is 0 Å². The molecule has 0 bridgehead atoms. The highest BCUT2D eigenvalue weighted by Gasteiger charge is 2.25. The number of aliphatic hydroxyl groups is 1. The molecule has 1 fully saturated rings. The molecule has 1 atom stereocenters. The maximum atomic E-state index is 13.1. The molecule has 1 aromatic carbocycles. The number of carbonyl (C=O) groups is 1. The monoisotopic (exact) mass is 295 g/mol. The van der Waals surface area contributed by atoms with Crippen LogP contribution in [0.15, 0.2) is 18.2 Å². The van der Waals surface area contributed by atoms with Crippen LogP contribution in [0.4, 0.5) is 15.8 Å². The topological polar surface area (TPSA) is 78.6 Å². The summed E-state index contributed by atoms with van der Waals surface area (Å²) in [6.45, 7) is 1.40. The van der Waals surface area contributed by atoms with Crippen LogP contribution in [0.2, 0.25) is 0 Å². The van der Waals surface area contributed by atoms with Crippen LogP contribution in [-0.2, 0) is 4.79 Å². The van der Waals surface area contributed by atoms with E-state index in [2.05, 4.69) is 10.2 Å². The van der Waals surface area contributed by atoms with Gasteiger partial charge in [-0.1, -0.05) is 0 Å². The Morgan fingerprint density at radius 2 is 2.33 bits per heavy atom. The number of aliphatic hydroxyl groups excluding tert-OH is 1. The number of anilines is 2. The van der Waals surface area contributed by atoms with Crippen LogP contribution in [0.25, 0.3) is 0 Å². The molecule has 1 aliphatic heterocycles. The maximum absolute atomic E-state index is 13.1. The van der Waals surface area contributed by atoms with Crippen molar-refractivity contribution >= 4 is 17.3 Å². The highest BCUT2D eigenvalue weighted by molar-refractivity contribution is 5.92. The number of nitrogen functional groups attached to an aromatic ring is 1. The number of amides is 1. The Bertz CT molecular complexity index is 496. The molecule has 1 saturated heterocycles. The van der Waals surface area contributed by atoms with E-state index in [-0.39, 0.29) is 18.2 Å². The van der Waals surface area contributed by atoms with Crippen LogP contribution < -0.4 is 11.1 Å². The Kier molecular flexibility index (Phi) is 5.52. The van der Waals surface area contributed by atoms with Crippen molar-refractivity contribution in [3.05, 3.63) is 24.0 Å². The van der Waals surface area contributed by atoms with Crippen molar-refractivity contribution in [2.24, 2.45) is 0 Å². The zero-order chi connectivity index (χ0) is 15.2. The number of nitrogens with one attached hydrogen (secondary N) is 1. The van der Waals surface area contributed by atoms with Gasteiger partial charge in [0.2, 0.25) is 5.91 Å². The Hall–Kier alpha value is -1.66. The average molecular weight is 295 g/mol. The normalized spacial score (nSPS) is 18.9. The molecule has 1 unspecified atom stereocenters. The number of hydrogen-bond acceptors (Lipinski definition) is 4. The molecule has 1 aliphatic rings. The van der Waals surface area contributed by atoms with E-state index in [1.165, 1.54) is 18.2 Å². The van der Waals surface area contributed by atoms with Crippen molar-refractivity contribution in [3.63, 3.8) is 0 Å². The average Bonchev–Trinajstić information content (AvgIpc) is 2.87. The SMILES string of the molecule is Nc1cc(NC(=O)CN2CCCC2CCCO)ccc1F. The van der Waals surface area contributed by atoms with Gasteiger partial charge in [-0.2, -0.15) is 0 Å². The maximum Gasteiger partial charge on any atom is 0.238 e. The fourth-order valence-electron chi connectivity index (χ4n) is 2.76. The Labute approximate surface area is 123 Å². The van der Waals surface area contributed by atoms with E-state index >= 15 is 0 Å². The number of rotatable bonds is 6. The predicted octanol–water partition coefficient (Wildman–Crippen LogP) is 1.58. The molecule has 2 rings (SSSR count). The molecular formula is C15H22FN3O2. The summed E-state index contributed by atoms with van der Waals surface area (Å²) < 4.78 is 13.1. The summed E-state index contributed by atoms with van der Waals surface area (Å²) in [6, 6.07) is 4.52. The van der Waals surface area contributed by atoms with Crippen LogP contribution in [0, 0.1) is 5.82 Å². The Morgan fingerprint density at radius 3 is 3.05 bits per heavy atom. The number of likely N-dealkylation sites (tertiary alicyclic amines) is 1. The van der Waals surface area contributed by atoms with Crippen molar-refractivity contribution in [1.29, 1.82) is 0 Å². The van der Waals surface area contributed by atoms with Crippen molar-refractivity contribution in [1.82, 2.24) is 4.90 Å². The molecule has 0 spiro atoms. The van der Waals surface area contributed by atoms with Gasteiger partial charge in [0.25, 0.3) is 0 Å². The summed E-state index contributed by atoms with van der Waals surface area (Å²) in [5, 5.41) is 11.6. The van der Waals surface area contributed by atoms with Crippen LogP contribution in [0.5, 0.6) is 0 Å². The number of benzene rings is 1. The second-order valence-electron chi connectivity index (χ2n) is 5.42. The van der Waals surface area contributed by atoms with E-state index in [1.54, 1.807) is 0 Å². The van der Waals surface area contributed by atoms with Gasteiger partial charge in [0.15, 0.2) is 0 Å². The second-order valence-corrected chi connectivity index (χ2v) is 5.42. The van der Waals surface area contributed by atoms with E-state index < -0.39 is 5.82 Å². The van der Waals surface area contributed by atoms with E-state index in [4.69, 9.17) is 10.8 Å². The van der Waals surface area contributed by atoms with Gasteiger partial charge in [-0.05, 0) is 50.4 Å². The first-order valence-corrected chi connectivity index (χ1v) is 7.30. The minimum absolute atomic E-state index is 0.0230. The van der Waals surface area contributed by atoms with E-state index in [0.717, 1.165) is 32.2 Å². The standard InChI is InChI=1S/C15H22FN3O2/c16-13-6-5-11(9-14(13)17)18-15(21)10-19-7-1-3-12(19)4-2-8-20/h5-6,9,12,20H,1-4,7-8,10,17H2,(H,18,21). The van der Waals surface area contributed by atoms with Gasteiger partial charge in [0, 0.05) is 18.3 Å². The largest absolute Gasteiger partial charge is 0.396 e. The summed E-state index contributed by atoms with van der Waals surface area (Å²) in [5.41, 5.74) is 6.00. The van der Waals surface area contributed by atoms with Gasteiger partial charge < -0.3 is 16.2 Å². The van der Waals surface area contributed by atoms with Gasteiger partial charge in [-0.3, -0.25) is 9.69 Å². The third-order valence-corrected chi connectivity index (χ3v) is 3.82. The molecule has 0 aliphatic carbocycles. The molecule has 0 radical (unpaired) electrons. The lowest BCUT2D eigenvalue weighted by Gasteiger charge is -2.23. The molecule has 21 heavy (non-hydrogen) atoms. The van der Waals surface area contributed by atoms with Crippen LogP contribution in [-0.4, -0.2) is 41.7 Å². The van der Waals surface area contributed by atoms with Crippen molar-refractivity contribution in [2.75, 3.05) is 30.7 Å². The summed E-state index contributed by atoms with van der Waals surface area (Å²) >= 11 is 0. The number of halogens is 1. The van der Waals surface area contributed by atoms with Gasteiger partial charge in [0.1, 0.15) is 5.82 Å². The third-order valence-electron chi connectivity index (χ3n) is 3.82. The Balaban J connectivity index is 1.87. The summed E-state index contributed by atoms with van der Waals surface area (Å²) in [4.78, 5) is 14.2.